The Morgan fingerprint density at radius 1 is 1.06 bits per heavy atom. The number of benzene rings is 2. The van der Waals surface area contributed by atoms with Crippen molar-refractivity contribution in [1.29, 1.82) is 0 Å². The normalized spacial score (nSPS) is 11.5. The topological polar surface area (TPSA) is 76.0 Å². The van der Waals surface area contributed by atoms with Crippen LogP contribution < -0.4 is 10.6 Å². The van der Waals surface area contributed by atoms with Crippen molar-refractivity contribution in [2.45, 2.75) is 32.9 Å². The predicted molar refractivity (Wildman–Crippen MR) is 128 cm³/mol. The van der Waals surface area contributed by atoms with E-state index >= 15 is 0 Å². The van der Waals surface area contributed by atoms with Gasteiger partial charge in [-0.15, -0.1) is 0 Å². The van der Waals surface area contributed by atoms with Gasteiger partial charge in [-0.05, 0) is 38.5 Å². The van der Waals surface area contributed by atoms with Crippen LogP contribution in [0.3, 0.4) is 0 Å². The minimum Gasteiger partial charge on any atom is -0.350 e. The third-order valence-electron chi connectivity index (χ3n) is 4.48. The molecule has 0 saturated heterocycles. The second-order valence-corrected chi connectivity index (χ2v) is 8.84. The second kappa shape index (κ2) is 10.3. The Hall–Kier alpha value is -3.38. The molecule has 0 aliphatic heterocycles. The van der Waals surface area contributed by atoms with Crippen molar-refractivity contribution in [3.8, 4) is 11.3 Å². The third kappa shape index (κ3) is 6.82. The molecule has 0 saturated carbocycles. The minimum absolute atomic E-state index is 0.0856. The second-order valence-electron chi connectivity index (χ2n) is 8.44. The molecular formula is C25H27ClN4O2. The summed E-state index contributed by atoms with van der Waals surface area (Å²) in [5, 5.41) is 10.8. The molecule has 0 spiro atoms. The van der Waals surface area contributed by atoms with Crippen LogP contribution in [0, 0.1) is 0 Å². The molecule has 32 heavy (non-hydrogen) atoms. The van der Waals surface area contributed by atoms with Crippen LogP contribution >= 0.6 is 11.6 Å². The van der Waals surface area contributed by atoms with E-state index in [4.69, 9.17) is 16.7 Å². The lowest BCUT2D eigenvalue weighted by Gasteiger charge is -2.20. The van der Waals surface area contributed by atoms with Gasteiger partial charge >= 0.3 is 0 Å². The average Bonchev–Trinajstić information content (AvgIpc) is 3.14. The van der Waals surface area contributed by atoms with Gasteiger partial charge in [-0.3, -0.25) is 14.3 Å². The quantitative estimate of drug-likeness (QED) is 0.527. The van der Waals surface area contributed by atoms with Crippen LogP contribution in [0.15, 0.2) is 66.9 Å². The molecule has 2 N–H and O–H groups in total. The first-order chi connectivity index (χ1) is 15.2. The molecule has 2 amide bonds. The lowest BCUT2D eigenvalue weighted by atomic mass is 10.1. The highest BCUT2D eigenvalue weighted by molar-refractivity contribution is 6.31. The van der Waals surface area contributed by atoms with Crippen molar-refractivity contribution in [3.63, 3.8) is 0 Å². The molecule has 0 aliphatic carbocycles. The van der Waals surface area contributed by atoms with Crippen LogP contribution in [0.5, 0.6) is 0 Å². The molecule has 0 bridgehead atoms. The molecule has 0 radical (unpaired) electrons. The van der Waals surface area contributed by atoms with E-state index in [9.17, 15) is 9.59 Å². The molecule has 0 aliphatic rings. The molecule has 0 fully saturated rings. The van der Waals surface area contributed by atoms with Crippen LogP contribution in [0.25, 0.3) is 17.3 Å². The Kier molecular flexibility index (Phi) is 7.49. The van der Waals surface area contributed by atoms with E-state index in [0.717, 1.165) is 22.4 Å². The Bertz CT molecular complexity index is 1110. The maximum absolute atomic E-state index is 12.3. The summed E-state index contributed by atoms with van der Waals surface area (Å²) in [5.74, 6) is -0.594. The largest absolute Gasteiger partial charge is 0.350 e. The summed E-state index contributed by atoms with van der Waals surface area (Å²) < 4.78 is 1.80. The van der Waals surface area contributed by atoms with Crippen LogP contribution in [0.1, 0.15) is 31.9 Å². The molecule has 0 unspecified atom stereocenters. The van der Waals surface area contributed by atoms with Crippen LogP contribution in [-0.4, -0.2) is 33.7 Å². The smallest absolute Gasteiger partial charge is 0.244 e. The Labute approximate surface area is 193 Å². The molecule has 3 rings (SSSR count). The fourth-order valence-electron chi connectivity index (χ4n) is 3.12. The van der Waals surface area contributed by atoms with Crippen LogP contribution in [-0.2, 0) is 16.1 Å². The number of rotatable bonds is 7. The van der Waals surface area contributed by atoms with E-state index in [-0.39, 0.29) is 23.9 Å². The highest BCUT2D eigenvalue weighted by atomic mass is 35.5. The molecule has 3 aromatic rings. The summed E-state index contributed by atoms with van der Waals surface area (Å²) >= 11 is 6.30. The summed E-state index contributed by atoms with van der Waals surface area (Å²) in [6, 6.07) is 17.4. The number of nitrogens with zero attached hydrogens (tertiary/aromatic N) is 2. The van der Waals surface area contributed by atoms with Gasteiger partial charge in [0, 0.05) is 34.0 Å². The molecular weight excluding hydrogens is 424 g/mol. The van der Waals surface area contributed by atoms with Crippen molar-refractivity contribution in [1.82, 2.24) is 20.4 Å². The average molecular weight is 451 g/mol. The first kappa shape index (κ1) is 23.3. The lowest BCUT2D eigenvalue weighted by molar-refractivity contribution is -0.124. The number of carbonyl (C=O) groups is 2. The first-order valence-electron chi connectivity index (χ1n) is 10.3. The van der Waals surface area contributed by atoms with E-state index in [1.807, 2.05) is 81.6 Å². The fourth-order valence-corrected chi connectivity index (χ4v) is 3.31. The van der Waals surface area contributed by atoms with Gasteiger partial charge in [0.2, 0.25) is 11.8 Å². The van der Waals surface area contributed by atoms with Crippen molar-refractivity contribution >= 4 is 29.5 Å². The third-order valence-corrected chi connectivity index (χ3v) is 4.85. The van der Waals surface area contributed by atoms with Crippen LogP contribution in [0.4, 0.5) is 0 Å². The van der Waals surface area contributed by atoms with Crippen LogP contribution in [0.2, 0.25) is 5.02 Å². The maximum Gasteiger partial charge on any atom is 0.244 e. The molecule has 166 valence electrons. The molecule has 6 nitrogen and oxygen atoms in total. The summed E-state index contributed by atoms with van der Waals surface area (Å²) in [7, 11) is 0. The van der Waals surface area contributed by atoms with E-state index < -0.39 is 0 Å². The van der Waals surface area contributed by atoms with Gasteiger partial charge in [-0.1, -0.05) is 60.1 Å². The highest BCUT2D eigenvalue weighted by Gasteiger charge is 2.14. The molecule has 7 heteroatoms. The zero-order valence-corrected chi connectivity index (χ0v) is 19.2. The minimum atomic E-state index is -0.355. The summed E-state index contributed by atoms with van der Waals surface area (Å²) in [5.41, 5.74) is 3.09. The summed E-state index contributed by atoms with van der Waals surface area (Å²) in [6.07, 6.45) is 4.99. The fraction of sp³-hybridized carbons (Fsp3) is 0.240. The van der Waals surface area contributed by atoms with Gasteiger partial charge in [0.1, 0.15) is 0 Å². The van der Waals surface area contributed by atoms with Gasteiger partial charge in [-0.2, -0.15) is 5.10 Å². The zero-order valence-electron chi connectivity index (χ0n) is 18.4. The summed E-state index contributed by atoms with van der Waals surface area (Å²) in [6.45, 7) is 6.08. The molecule has 1 aromatic heterocycles. The van der Waals surface area contributed by atoms with Gasteiger partial charge in [0.15, 0.2) is 0 Å². The Morgan fingerprint density at radius 3 is 2.44 bits per heavy atom. The number of amides is 2. The van der Waals surface area contributed by atoms with E-state index in [1.54, 1.807) is 10.8 Å². The zero-order chi connectivity index (χ0) is 23.1. The van der Waals surface area contributed by atoms with Gasteiger partial charge < -0.3 is 10.6 Å². The highest BCUT2D eigenvalue weighted by Crippen LogP contribution is 2.24. The number of hydrogen-bond donors (Lipinski definition) is 2. The number of halogens is 1. The molecule has 1 heterocycles. The summed E-state index contributed by atoms with van der Waals surface area (Å²) in [4.78, 5) is 24.2. The first-order valence-corrected chi connectivity index (χ1v) is 10.7. The van der Waals surface area contributed by atoms with Gasteiger partial charge in [-0.25, -0.2) is 0 Å². The van der Waals surface area contributed by atoms with Crippen molar-refractivity contribution in [3.05, 3.63) is 83.0 Å². The van der Waals surface area contributed by atoms with E-state index in [1.165, 1.54) is 6.08 Å². The van der Waals surface area contributed by atoms with Crippen molar-refractivity contribution in [2.24, 2.45) is 0 Å². The molecule has 2 aromatic carbocycles. The number of nitrogens with one attached hydrogen (secondary N) is 2. The van der Waals surface area contributed by atoms with E-state index in [0.29, 0.717) is 11.6 Å². The van der Waals surface area contributed by atoms with Gasteiger partial charge in [0.25, 0.3) is 0 Å². The van der Waals surface area contributed by atoms with Crippen molar-refractivity contribution in [2.75, 3.05) is 6.54 Å². The van der Waals surface area contributed by atoms with E-state index in [2.05, 4.69) is 10.6 Å². The SMILES string of the molecule is CC(C)(C)NC(=O)CNC(=O)/C=C/c1cn(Cc2ccccc2Cl)nc1-c1ccccc1. The number of hydrogen-bond acceptors (Lipinski definition) is 3. The standard InChI is InChI=1S/C25H27ClN4O2/c1-25(2,3)28-23(32)15-27-22(31)14-13-20-17-30(16-19-11-7-8-12-21(19)26)29-24(20)18-9-5-4-6-10-18/h4-14,17H,15-16H2,1-3H3,(H,27,31)(H,28,32)/b14-13+. The van der Waals surface area contributed by atoms with Crippen molar-refractivity contribution < 1.29 is 9.59 Å². The predicted octanol–water partition coefficient (Wildman–Crippen LogP) is 4.30. The lowest BCUT2D eigenvalue weighted by Crippen LogP contribution is -2.45. The van der Waals surface area contributed by atoms with Gasteiger partial charge in [0.05, 0.1) is 18.8 Å². The molecule has 0 atom stereocenters. The Morgan fingerprint density at radius 2 is 1.75 bits per heavy atom. The Balaban J connectivity index is 1.77. The maximum atomic E-state index is 12.3. The number of carbonyl (C=O) groups excluding carboxylic acids is 2. The monoisotopic (exact) mass is 450 g/mol. The number of aromatic nitrogens is 2.